The molecule has 2 rings (SSSR count). The van der Waals surface area contributed by atoms with Crippen molar-refractivity contribution in [3.63, 3.8) is 0 Å². The molecular weight excluding hydrogens is 331 g/mol. The Morgan fingerprint density at radius 3 is 2.65 bits per heavy atom. The van der Waals surface area contributed by atoms with Crippen molar-refractivity contribution in [3.8, 4) is 0 Å². The fourth-order valence-electron chi connectivity index (χ4n) is 1.89. The molecular formula is C13H14BrFN2O3. The average molecular weight is 345 g/mol. The van der Waals surface area contributed by atoms with E-state index in [-0.39, 0.29) is 24.8 Å². The van der Waals surface area contributed by atoms with Crippen LogP contribution in [-0.2, 0) is 9.59 Å². The van der Waals surface area contributed by atoms with Crippen molar-refractivity contribution in [3.05, 3.63) is 28.5 Å². The fourth-order valence-corrected chi connectivity index (χ4v) is 2.23. The monoisotopic (exact) mass is 344 g/mol. The predicted molar refractivity (Wildman–Crippen MR) is 75.0 cm³/mol. The molecule has 5 nitrogen and oxygen atoms in total. The van der Waals surface area contributed by atoms with E-state index in [1.807, 2.05) is 0 Å². The van der Waals surface area contributed by atoms with Crippen LogP contribution in [0.25, 0.3) is 0 Å². The third-order valence-corrected chi connectivity index (χ3v) is 3.45. The number of aliphatic carboxylic acids is 1. The first-order valence-corrected chi connectivity index (χ1v) is 6.96. The SMILES string of the molecule is O=C(O)CN(CC(=O)Nc1ccc(Br)cc1F)C1CC1. The van der Waals surface area contributed by atoms with Crippen LogP contribution in [0.3, 0.4) is 0 Å². The van der Waals surface area contributed by atoms with Gasteiger partial charge in [-0.1, -0.05) is 15.9 Å². The highest BCUT2D eigenvalue weighted by atomic mass is 79.9. The van der Waals surface area contributed by atoms with E-state index in [9.17, 15) is 14.0 Å². The lowest BCUT2D eigenvalue weighted by Crippen LogP contribution is -2.38. The molecule has 0 atom stereocenters. The van der Waals surface area contributed by atoms with Crippen LogP contribution in [0.4, 0.5) is 10.1 Å². The molecule has 1 aromatic carbocycles. The third kappa shape index (κ3) is 4.28. The summed E-state index contributed by atoms with van der Waals surface area (Å²) in [5.74, 6) is -1.93. The molecule has 0 radical (unpaired) electrons. The number of carbonyl (C=O) groups is 2. The molecule has 1 saturated carbocycles. The Bertz CT molecular complexity index is 534. The second kappa shape index (κ2) is 6.32. The van der Waals surface area contributed by atoms with E-state index in [0.717, 1.165) is 12.8 Å². The maximum atomic E-state index is 13.6. The lowest BCUT2D eigenvalue weighted by Gasteiger charge is -2.19. The molecule has 108 valence electrons. The van der Waals surface area contributed by atoms with Crippen LogP contribution < -0.4 is 5.32 Å². The molecule has 1 aliphatic carbocycles. The number of rotatable bonds is 6. The molecule has 1 aromatic rings. The molecule has 20 heavy (non-hydrogen) atoms. The summed E-state index contributed by atoms with van der Waals surface area (Å²) in [6.45, 7) is -0.229. The summed E-state index contributed by atoms with van der Waals surface area (Å²) >= 11 is 3.13. The summed E-state index contributed by atoms with van der Waals surface area (Å²) in [7, 11) is 0. The number of carboxylic acid groups (broad SMARTS) is 1. The Morgan fingerprint density at radius 2 is 2.10 bits per heavy atom. The van der Waals surface area contributed by atoms with Crippen LogP contribution in [0.15, 0.2) is 22.7 Å². The summed E-state index contributed by atoms with van der Waals surface area (Å²) in [4.78, 5) is 24.2. The lowest BCUT2D eigenvalue weighted by atomic mass is 10.3. The fraction of sp³-hybridized carbons (Fsp3) is 0.385. The van der Waals surface area contributed by atoms with Gasteiger partial charge in [0, 0.05) is 10.5 Å². The molecule has 7 heteroatoms. The number of anilines is 1. The standard InChI is InChI=1S/C13H14BrFN2O3/c14-8-1-4-11(10(15)5-8)16-12(18)6-17(7-13(19)20)9-2-3-9/h1,4-5,9H,2-3,6-7H2,(H,16,18)(H,19,20). The first kappa shape index (κ1) is 14.9. The highest BCUT2D eigenvalue weighted by Crippen LogP contribution is 2.26. The zero-order valence-corrected chi connectivity index (χ0v) is 12.2. The molecule has 0 spiro atoms. The Morgan fingerprint density at radius 1 is 1.40 bits per heavy atom. The van der Waals surface area contributed by atoms with Gasteiger partial charge in [-0.25, -0.2) is 4.39 Å². The lowest BCUT2D eigenvalue weighted by molar-refractivity contribution is -0.138. The number of nitrogens with one attached hydrogen (secondary N) is 1. The van der Waals surface area contributed by atoms with Gasteiger partial charge in [0.1, 0.15) is 5.82 Å². The quantitative estimate of drug-likeness (QED) is 0.828. The number of carboxylic acids is 1. The van der Waals surface area contributed by atoms with Gasteiger partial charge in [-0.3, -0.25) is 14.5 Å². The van der Waals surface area contributed by atoms with Gasteiger partial charge in [-0.15, -0.1) is 0 Å². The molecule has 2 N–H and O–H groups in total. The molecule has 1 aliphatic rings. The molecule has 0 heterocycles. The smallest absolute Gasteiger partial charge is 0.317 e. The summed E-state index contributed by atoms with van der Waals surface area (Å²) in [6.07, 6.45) is 1.79. The molecule has 0 aliphatic heterocycles. The van der Waals surface area contributed by atoms with Gasteiger partial charge in [0.2, 0.25) is 5.91 Å². The molecule has 0 unspecified atom stereocenters. The third-order valence-electron chi connectivity index (χ3n) is 2.95. The van der Waals surface area contributed by atoms with Gasteiger partial charge in [0.15, 0.2) is 0 Å². The number of amides is 1. The van der Waals surface area contributed by atoms with Crippen molar-refractivity contribution in [2.45, 2.75) is 18.9 Å². The summed E-state index contributed by atoms with van der Waals surface area (Å²) in [6, 6.07) is 4.47. The van der Waals surface area contributed by atoms with Crippen LogP contribution in [0, 0.1) is 5.82 Å². The Hall–Kier alpha value is -1.47. The minimum Gasteiger partial charge on any atom is -0.480 e. The van der Waals surface area contributed by atoms with Gasteiger partial charge in [0.25, 0.3) is 0 Å². The van der Waals surface area contributed by atoms with Crippen LogP contribution in [0.2, 0.25) is 0 Å². The minimum atomic E-state index is -0.973. The van der Waals surface area contributed by atoms with E-state index < -0.39 is 17.7 Å². The zero-order valence-electron chi connectivity index (χ0n) is 10.6. The average Bonchev–Trinajstić information content (AvgIpc) is 3.15. The van der Waals surface area contributed by atoms with Crippen LogP contribution >= 0.6 is 15.9 Å². The van der Waals surface area contributed by atoms with Gasteiger partial charge >= 0.3 is 5.97 Å². The van der Waals surface area contributed by atoms with Gasteiger partial charge < -0.3 is 10.4 Å². The number of benzene rings is 1. The maximum absolute atomic E-state index is 13.6. The van der Waals surface area contributed by atoms with Crippen LogP contribution in [0.1, 0.15) is 12.8 Å². The van der Waals surface area contributed by atoms with E-state index >= 15 is 0 Å². The topological polar surface area (TPSA) is 69.6 Å². The van der Waals surface area contributed by atoms with Crippen molar-refractivity contribution in [2.24, 2.45) is 0 Å². The number of nitrogens with zero attached hydrogens (tertiary/aromatic N) is 1. The number of halogens is 2. The largest absolute Gasteiger partial charge is 0.480 e. The molecule has 1 amide bonds. The minimum absolute atomic E-state index is 0.0491. The van der Waals surface area contributed by atoms with Gasteiger partial charge in [-0.2, -0.15) is 0 Å². The van der Waals surface area contributed by atoms with Crippen molar-refractivity contribution < 1.29 is 19.1 Å². The summed E-state index contributed by atoms with van der Waals surface area (Å²) in [5, 5.41) is 11.3. The van der Waals surface area contributed by atoms with Crippen LogP contribution in [0.5, 0.6) is 0 Å². The van der Waals surface area contributed by atoms with Crippen molar-refractivity contribution in [1.82, 2.24) is 4.90 Å². The van der Waals surface area contributed by atoms with E-state index in [1.54, 1.807) is 11.0 Å². The Balaban J connectivity index is 1.95. The first-order chi connectivity index (χ1) is 9.45. The van der Waals surface area contributed by atoms with E-state index in [2.05, 4.69) is 21.2 Å². The van der Waals surface area contributed by atoms with E-state index in [1.165, 1.54) is 12.1 Å². The van der Waals surface area contributed by atoms with Crippen molar-refractivity contribution >= 4 is 33.5 Å². The first-order valence-electron chi connectivity index (χ1n) is 6.16. The Kier molecular flexibility index (Phi) is 4.72. The van der Waals surface area contributed by atoms with Gasteiger partial charge in [-0.05, 0) is 31.0 Å². The second-order valence-electron chi connectivity index (χ2n) is 4.70. The predicted octanol–water partition coefficient (Wildman–Crippen LogP) is 2.08. The Labute approximate surface area is 123 Å². The second-order valence-corrected chi connectivity index (χ2v) is 5.62. The van der Waals surface area contributed by atoms with Crippen LogP contribution in [-0.4, -0.2) is 41.0 Å². The molecule has 0 bridgehead atoms. The van der Waals surface area contributed by atoms with E-state index in [4.69, 9.17) is 5.11 Å². The summed E-state index contributed by atoms with van der Waals surface area (Å²) in [5.41, 5.74) is 0.0873. The number of hydrogen-bond acceptors (Lipinski definition) is 3. The van der Waals surface area contributed by atoms with E-state index in [0.29, 0.717) is 4.47 Å². The molecule has 1 fully saturated rings. The highest BCUT2D eigenvalue weighted by molar-refractivity contribution is 9.10. The summed E-state index contributed by atoms with van der Waals surface area (Å²) < 4.78 is 14.2. The highest BCUT2D eigenvalue weighted by Gasteiger charge is 2.31. The normalized spacial score (nSPS) is 14.3. The van der Waals surface area contributed by atoms with Gasteiger partial charge in [0.05, 0.1) is 18.8 Å². The molecule has 0 aromatic heterocycles. The number of carbonyl (C=O) groups excluding carboxylic acids is 1. The number of hydrogen-bond donors (Lipinski definition) is 2. The van der Waals surface area contributed by atoms with Crippen molar-refractivity contribution in [2.75, 3.05) is 18.4 Å². The molecule has 0 saturated heterocycles. The zero-order chi connectivity index (χ0) is 14.7. The van der Waals surface area contributed by atoms with Crippen molar-refractivity contribution in [1.29, 1.82) is 0 Å². The maximum Gasteiger partial charge on any atom is 0.317 e.